The van der Waals surface area contributed by atoms with E-state index < -0.39 is 0 Å². The minimum atomic E-state index is -0.0863. The summed E-state index contributed by atoms with van der Waals surface area (Å²) in [5.74, 6) is 1.68. The highest BCUT2D eigenvalue weighted by Gasteiger charge is 2.23. The number of nitrogens with zero attached hydrogens (tertiary/aromatic N) is 6. The van der Waals surface area contributed by atoms with Crippen molar-refractivity contribution < 1.29 is 4.74 Å². The first-order chi connectivity index (χ1) is 12.6. The standard InChI is InChI=1S/C18H22N6O2/c1-21-15-16(22(2)18(21)25)19-12-20-17(15)24-9-7-23(8-10-24)13-5-4-6-14(11-13)26-3/h4-6,11-12H,7-10H2,1-3H3. The molecule has 26 heavy (non-hydrogen) atoms. The number of anilines is 2. The Bertz CT molecular complexity index is 1000. The molecular weight excluding hydrogens is 332 g/mol. The third-order valence-corrected chi connectivity index (χ3v) is 5.01. The Hall–Kier alpha value is -3.03. The van der Waals surface area contributed by atoms with E-state index >= 15 is 0 Å². The maximum absolute atomic E-state index is 12.2. The fraction of sp³-hybridized carbons (Fsp3) is 0.389. The summed E-state index contributed by atoms with van der Waals surface area (Å²) >= 11 is 0. The fourth-order valence-electron chi connectivity index (χ4n) is 3.53. The fourth-order valence-corrected chi connectivity index (χ4v) is 3.53. The molecule has 8 nitrogen and oxygen atoms in total. The van der Waals surface area contributed by atoms with Gasteiger partial charge in [0.1, 0.15) is 17.6 Å². The van der Waals surface area contributed by atoms with Crippen molar-refractivity contribution in [3.8, 4) is 5.75 Å². The molecule has 0 aliphatic carbocycles. The first-order valence-electron chi connectivity index (χ1n) is 8.60. The number of fused-ring (bicyclic) bond motifs is 1. The number of aryl methyl sites for hydroxylation is 2. The number of ether oxygens (including phenoxy) is 1. The van der Waals surface area contributed by atoms with Crippen LogP contribution in [0.2, 0.25) is 0 Å². The normalized spacial score (nSPS) is 14.9. The molecule has 0 N–H and O–H groups in total. The molecule has 0 unspecified atom stereocenters. The van der Waals surface area contributed by atoms with Crippen molar-refractivity contribution in [2.75, 3.05) is 43.1 Å². The molecule has 0 amide bonds. The van der Waals surface area contributed by atoms with Gasteiger partial charge in [-0.05, 0) is 12.1 Å². The van der Waals surface area contributed by atoms with E-state index in [1.165, 1.54) is 6.33 Å². The van der Waals surface area contributed by atoms with Gasteiger partial charge < -0.3 is 14.5 Å². The predicted molar refractivity (Wildman–Crippen MR) is 101 cm³/mol. The Morgan fingerprint density at radius 2 is 1.73 bits per heavy atom. The maximum atomic E-state index is 12.2. The molecule has 8 heteroatoms. The van der Waals surface area contributed by atoms with Gasteiger partial charge in [0, 0.05) is 52.0 Å². The van der Waals surface area contributed by atoms with Crippen molar-refractivity contribution >= 4 is 22.7 Å². The van der Waals surface area contributed by atoms with Crippen molar-refractivity contribution in [1.29, 1.82) is 0 Å². The van der Waals surface area contributed by atoms with Crippen LogP contribution in [0.5, 0.6) is 5.75 Å². The zero-order chi connectivity index (χ0) is 18.3. The smallest absolute Gasteiger partial charge is 0.329 e. The Kier molecular flexibility index (Phi) is 4.02. The third-order valence-electron chi connectivity index (χ3n) is 5.01. The lowest BCUT2D eigenvalue weighted by molar-refractivity contribution is 0.414. The lowest BCUT2D eigenvalue weighted by Crippen LogP contribution is -2.47. The van der Waals surface area contributed by atoms with Crippen LogP contribution in [-0.4, -0.2) is 52.4 Å². The molecule has 136 valence electrons. The molecule has 0 atom stereocenters. The lowest BCUT2D eigenvalue weighted by atomic mass is 10.2. The Labute approximate surface area is 151 Å². The molecular formula is C18H22N6O2. The maximum Gasteiger partial charge on any atom is 0.329 e. The average Bonchev–Trinajstić information content (AvgIpc) is 2.92. The quantitative estimate of drug-likeness (QED) is 0.699. The predicted octanol–water partition coefficient (Wildman–Crippen LogP) is 1.00. The lowest BCUT2D eigenvalue weighted by Gasteiger charge is -2.36. The van der Waals surface area contributed by atoms with Crippen molar-refractivity contribution in [2.45, 2.75) is 0 Å². The highest BCUT2D eigenvalue weighted by Crippen LogP contribution is 2.26. The molecule has 4 rings (SSSR count). The van der Waals surface area contributed by atoms with E-state index in [1.54, 1.807) is 30.3 Å². The van der Waals surface area contributed by atoms with E-state index in [0.29, 0.717) is 5.65 Å². The molecule has 0 radical (unpaired) electrons. The van der Waals surface area contributed by atoms with Crippen LogP contribution in [0.4, 0.5) is 11.5 Å². The van der Waals surface area contributed by atoms with Gasteiger partial charge >= 0.3 is 5.69 Å². The Morgan fingerprint density at radius 1 is 1.00 bits per heavy atom. The van der Waals surface area contributed by atoms with Crippen molar-refractivity contribution in [2.24, 2.45) is 14.1 Å². The highest BCUT2D eigenvalue weighted by atomic mass is 16.5. The summed E-state index contributed by atoms with van der Waals surface area (Å²) in [7, 11) is 5.19. The number of methoxy groups -OCH3 is 1. The summed E-state index contributed by atoms with van der Waals surface area (Å²) in [6, 6.07) is 8.11. The van der Waals surface area contributed by atoms with Crippen molar-refractivity contribution in [3.05, 3.63) is 41.1 Å². The molecule has 0 spiro atoms. The van der Waals surface area contributed by atoms with E-state index in [4.69, 9.17) is 4.74 Å². The average molecular weight is 354 g/mol. The van der Waals surface area contributed by atoms with Crippen LogP contribution in [-0.2, 0) is 14.1 Å². The van der Waals surface area contributed by atoms with Crippen LogP contribution >= 0.6 is 0 Å². The highest BCUT2D eigenvalue weighted by molar-refractivity contribution is 5.84. The molecule has 1 fully saturated rings. The van der Waals surface area contributed by atoms with Crippen LogP contribution in [0.3, 0.4) is 0 Å². The second-order valence-electron chi connectivity index (χ2n) is 6.45. The van der Waals surface area contributed by atoms with Gasteiger partial charge in [0.15, 0.2) is 11.5 Å². The van der Waals surface area contributed by atoms with E-state index in [-0.39, 0.29) is 5.69 Å². The van der Waals surface area contributed by atoms with E-state index in [1.807, 2.05) is 12.1 Å². The minimum absolute atomic E-state index is 0.0863. The summed E-state index contributed by atoms with van der Waals surface area (Å²) in [5, 5.41) is 0. The molecule has 0 saturated carbocycles. The second-order valence-corrected chi connectivity index (χ2v) is 6.45. The molecule has 2 aromatic heterocycles. The SMILES string of the molecule is COc1cccc(N2CCN(c3ncnc4c3n(C)c(=O)n4C)CC2)c1. The summed E-state index contributed by atoms with van der Waals surface area (Å²) in [6.07, 6.45) is 1.53. The van der Waals surface area contributed by atoms with Crippen molar-refractivity contribution in [3.63, 3.8) is 0 Å². The number of benzene rings is 1. The topological polar surface area (TPSA) is 68.4 Å². The Balaban J connectivity index is 1.60. The molecule has 1 aromatic carbocycles. The summed E-state index contributed by atoms with van der Waals surface area (Å²) in [4.78, 5) is 25.6. The number of hydrogen-bond donors (Lipinski definition) is 0. The molecule has 1 saturated heterocycles. The van der Waals surface area contributed by atoms with E-state index in [9.17, 15) is 4.79 Å². The third kappa shape index (κ3) is 2.58. The van der Waals surface area contributed by atoms with Crippen LogP contribution < -0.4 is 20.2 Å². The first kappa shape index (κ1) is 16.4. The van der Waals surface area contributed by atoms with Crippen molar-refractivity contribution in [1.82, 2.24) is 19.1 Å². The molecule has 1 aliphatic rings. The van der Waals surface area contributed by atoms with Gasteiger partial charge in [-0.3, -0.25) is 9.13 Å². The van der Waals surface area contributed by atoms with Crippen LogP contribution in [0, 0.1) is 0 Å². The first-order valence-corrected chi connectivity index (χ1v) is 8.60. The van der Waals surface area contributed by atoms with Crippen LogP contribution in [0.1, 0.15) is 0 Å². The van der Waals surface area contributed by atoms with Gasteiger partial charge in [-0.15, -0.1) is 0 Å². The number of hydrogen-bond acceptors (Lipinski definition) is 6. The van der Waals surface area contributed by atoms with Gasteiger partial charge in [-0.2, -0.15) is 0 Å². The van der Waals surface area contributed by atoms with Gasteiger partial charge in [-0.1, -0.05) is 6.07 Å². The summed E-state index contributed by atoms with van der Waals surface area (Å²) in [6.45, 7) is 3.40. The zero-order valence-corrected chi connectivity index (χ0v) is 15.2. The molecule has 3 aromatic rings. The number of rotatable bonds is 3. The second kappa shape index (κ2) is 6.36. The van der Waals surface area contributed by atoms with Crippen LogP contribution in [0.25, 0.3) is 11.2 Å². The van der Waals surface area contributed by atoms with Crippen LogP contribution in [0.15, 0.2) is 35.4 Å². The Morgan fingerprint density at radius 3 is 2.46 bits per heavy atom. The van der Waals surface area contributed by atoms with E-state index in [0.717, 1.165) is 49.0 Å². The molecule has 0 bridgehead atoms. The molecule has 3 heterocycles. The minimum Gasteiger partial charge on any atom is -0.497 e. The zero-order valence-electron chi connectivity index (χ0n) is 15.2. The number of piperazine rings is 1. The number of aromatic nitrogens is 4. The van der Waals surface area contributed by atoms with Gasteiger partial charge in [0.25, 0.3) is 0 Å². The molecule has 1 aliphatic heterocycles. The number of imidazole rings is 1. The summed E-state index contributed by atoms with van der Waals surface area (Å²) < 4.78 is 8.51. The monoisotopic (exact) mass is 354 g/mol. The van der Waals surface area contributed by atoms with E-state index in [2.05, 4.69) is 31.9 Å². The van der Waals surface area contributed by atoms with Gasteiger partial charge in [-0.25, -0.2) is 14.8 Å². The largest absolute Gasteiger partial charge is 0.497 e. The van der Waals surface area contributed by atoms with Gasteiger partial charge in [0.2, 0.25) is 0 Å². The van der Waals surface area contributed by atoms with Gasteiger partial charge in [0.05, 0.1) is 7.11 Å². The summed E-state index contributed by atoms with van der Waals surface area (Å²) in [5.41, 5.74) is 2.52.